The molecule has 0 saturated carbocycles. The van der Waals surface area contributed by atoms with Crippen LogP contribution in [0.15, 0.2) is 34.3 Å². The fourth-order valence-electron chi connectivity index (χ4n) is 2.54. The van der Waals surface area contributed by atoms with Crippen LogP contribution in [-0.4, -0.2) is 64.4 Å². The fraction of sp³-hybridized carbons (Fsp3) is 0.500. The van der Waals surface area contributed by atoms with E-state index in [-0.39, 0.29) is 40.0 Å². The van der Waals surface area contributed by atoms with Crippen molar-refractivity contribution in [2.75, 3.05) is 37.1 Å². The second kappa shape index (κ2) is 12.6. The van der Waals surface area contributed by atoms with E-state index < -0.39 is 18.1 Å². The lowest BCUT2D eigenvalue weighted by molar-refractivity contribution is 0.155. The van der Waals surface area contributed by atoms with Crippen LogP contribution in [0, 0.1) is 0 Å². The third kappa shape index (κ3) is 7.98. The molecule has 0 aliphatic rings. The van der Waals surface area contributed by atoms with Gasteiger partial charge in [-0.1, -0.05) is 48.9 Å². The number of rotatable bonds is 13. The number of halogens is 2. The Kier molecular flexibility index (Phi) is 10.7. The summed E-state index contributed by atoms with van der Waals surface area (Å²) >= 11 is 13.7. The van der Waals surface area contributed by atoms with Crippen LogP contribution < -0.4 is 9.04 Å². The topological polar surface area (TPSA) is 102 Å². The number of anilines is 1. The Bertz CT molecular complexity index is 1040. The maximum atomic E-state index is 13.6. The van der Waals surface area contributed by atoms with E-state index in [0.29, 0.717) is 23.8 Å². The number of sulfonamides is 1. The van der Waals surface area contributed by atoms with Gasteiger partial charge >= 0.3 is 0 Å². The summed E-state index contributed by atoms with van der Waals surface area (Å²) in [7, 11) is -4.20. The third-order valence-electron chi connectivity index (χ3n) is 4.37. The summed E-state index contributed by atoms with van der Waals surface area (Å²) in [6, 6.07) is 5.26. The van der Waals surface area contributed by atoms with Crippen molar-refractivity contribution < 1.29 is 23.0 Å². The van der Waals surface area contributed by atoms with Crippen molar-refractivity contribution in [1.82, 2.24) is 9.97 Å². The molecule has 184 valence electrons. The molecule has 0 saturated heterocycles. The first kappa shape index (κ1) is 28.2. The van der Waals surface area contributed by atoms with Gasteiger partial charge < -0.3 is 14.6 Å². The van der Waals surface area contributed by atoms with Crippen LogP contribution in [0.25, 0.3) is 0 Å². The molecule has 1 heterocycles. The molecule has 1 aromatic carbocycles. The second-order valence-electron chi connectivity index (χ2n) is 8.22. The number of benzene rings is 1. The van der Waals surface area contributed by atoms with Crippen molar-refractivity contribution in [2.45, 2.75) is 42.0 Å². The predicted molar refractivity (Wildman–Crippen MR) is 136 cm³/mol. The van der Waals surface area contributed by atoms with Gasteiger partial charge in [-0.2, -0.15) is 0 Å². The molecule has 0 unspecified atom stereocenters. The molecule has 2 rings (SSSR count). The Hall–Kier alpha value is -1.08. The fourth-order valence-corrected chi connectivity index (χ4v) is 6.10. The van der Waals surface area contributed by atoms with Crippen LogP contribution in [0.1, 0.15) is 6.42 Å². The van der Waals surface area contributed by atoms with Crippen LogP contribution in [0.4, 0.5) is 5.82 Å². The first-order chi connectivity index (χ1) is 15.5. The lowest BCUT2D eigenvalue weighted by atomic mass is 10.4. The van der Waals surface area contributed by atoms with Crippen LogP contribution in [0.5, 0.6) is 5.88 Å². The first-order valence-electron chi connectivity index (χ1n) is 10.2. The minimum Gasteiger partial charge on any atom is -0.478 e. The lowest BCUT2D eigenvalue weighted by Gasteiger charge is -2.25. The highest BCUT2D eigenvalue weighted by molar-refractivity contribution is 7.99. The Morgan fingerprint density at radius 3 is 2.61 bits per heavy atom. The monoisotopic (exact) mass is 553 g/mol. The van der Waals surface area contributed by atoms with Crippen molar-refractivity contribution in [3.05, 3.63) is 34.4 Å². The van der Waals surface area contributed by atoms with Crippen molar-refractivity contribution in [1.29, 1.82) is 0 Å². The van der Waals surface area contributed by atoms with Crippen LogP contribution in [0.3, 0.4) is 0 Å². The van der Waals surface area contributed by atoms with Crippen molar-refractivity contribution in [2.24, 2.45) is 0 Å². The number of nitrogens with zero attached hydrogens (tertiary/aromatic N) is 3. The van der Waals surface area contributed by atoms with Crippen LogP contribution in [0.2, 0.25) is 35.7 Å². The summed E-state index contributed by atoms with van der Waals surface area (Å²) in [5.74, 6) is 0.640. The van der Waals surface area contributed by atoms with E-state index in [4.69, 9.17) is 37.8 Å². The number of aliphatic hydroxyl groups excluding tert-OH is 1. The molecule has 33 heavy (non-hydrogen) atoms. The molecule has 0 atom stereocenters. The number of ether oxygens (including phenoxy) is 2. The van der Waals surface area contributed by atoms with Crippen LogP contribution in [-0.2, 0) is 14.8 Å². The highest BCUT2D eigenvalue weighted by Crippen LogP contribution is 2.35. The maximum absolute atomic E-state index is 13.6. The minimum absolute atomic E-state index is 0.0203. The van der Waals surface area contributed by atoms with E-state index in [0.717, 1.165) is 10.3 Å². The smallest absolute Gasteiger partial charge is 0.269 e. The van der Waals surface area contributed by atoms with Gasteiger partial charge in [-0.05, 0) is 24.6 Å². The van der Waals surface area contributed by atoms with E-state index in [1.807, 2.05) is 0 Å². The van der Waals surface area contributed by atoms with Gasteiger partial charge in [-0.25, -0.2) is 22.7 Å². The number of thioether (sulfide) groups is 1. The summed E-state index contributed by atoms with van der Waals surface area (Å²) in [4.78, 5) is 8.54. The first-order valence-corrected chi connectivity index (χ1v) is 17.1. The van der Waals surface area contributed by atoms with Gasteiger partial charge in [0.1, 0.15) is 16.7 Å². The Morgan fingerprint density at radius 2 is 1.97 bits per heavy atom. The summed E-state index contributed by atoms with van der Waals surface area (Å²) in [6.07, 6.45) is 2.05. The normalized spacial score (nSPS) is 12.1. The molecular formula is C20H29Cl2N3O5S2Si. The van der Waals surface area contributed by atoms with Crippen molar-refractivity contribution in [3.8, 4) is 5.88 Å². The number of methoxy groups -OCH3 is 1. The molecule has 0 amide bonds. The molecule has 0 spiro atoms. The molecule has 1 aromatic heterocycles. The standard InChI is InChI=1S/C20H29Cl2N3O5S2Si/c1-29-20-19(23-13-17(24-20)31-11-6-9-26)25(14-30-10-12-33(2,3)4)32(27,28)16-8-5-7-15(21)18(16)22/h5,7-8,13,26H,6,9-12,14H2,1-4H3. The largest absolute Gasteiger partial charge is 0.478 e. The summed E-state index contributed by atoms with van der Waals surface area (Å²) in [6.45, 7) is 6.79. The average Bonchev–Trinajstić information content (AvgIpc) is 2.75. The Balaban J connectivity index is 2.45. The second-order valence-corrected chi connectivity index (χ2v) is 17.6. The molecule has 2 aromatic rings. The van der Waals surface area contributed by atoms with E-state index in [9.17, 15) is 8.42 Å². The molecule has 0 aliphatic heterocycles. The van der Waals surface area contributed by atoms with E-state index in [2.05, 4.69) is 29.6 Å². The van der Waals surface area contributed by atoms with Gasteiger partial charge in [-0.3, -0.25) is 0 Å². The number of hydrogen-bond donors (Lipinski definition) is 1. The zero-order valence-electron chi connectivity index (χ0n) is 19.0. The Morgan fingerprint density at radius 1 is 1.24 bits per heavy atom. The highest BCUT2D eigenvalue weighted by Gasteiger charge is 2.32. The molecule has 0 bridgehead atoms. The molecule has 0 fully saturated rings. The summed E-state index contributed by atoms with van der Waals surface area (Å²) < 4.78 is 39.4. The van der Waals surface area contributed by atoms with Crippen LogP contribution >= 0.6 is 35.0 Å². The summed E-state index contributed by atoms with van der Waals surface area (Å²) in [5.41, 5.74) is 0. The number of hydrogen-bond acceptors (Lipinski definition) is 8. The van der Waals surface area contributed by atoms with Gasteiger partial charge in [0.2, 0.25) is 5.82 Å². The Labute approximate surface area is 210 Å². The maximum Gasteiger partial charge on any atom is 0.269 e. The molecule has 1 N–H and O–H groups in total. The predicted octanol–water partition coefficient (Wildman–Crippen LogP) is 4.77. The third-order valence-corrected chi connectivity index (χ3v) is 9.75. The van der Waals surface area contributed by atoms with Crippen molar-refractivity contribution >= 4 is 58.9 Å². The zero-order chi connectivity index (χ0) is 24.6. The van der Waals surface area contributed by atoms with Crippen molar-refractivity contribution in [3.63, 3.8) is 0 Å². The van der Waals surface area contributed by atoms with E-state index >= 15 is 0 Å². The lowest BCUT2D eigenvalue weighted by Crippen LogP contribution is -2.35. The molecule has 8 nitrogen and oxygen atoms in total. The van der Waals surface area contributed by atoms with Gasteiger partial charge in [-0.15, -0.1) is 11.8 Å². The molecule has 0 radical (unpaired) electrons. The minimum atomic E-state index is -4.21. The average molecular weight is 555 g/mol. The van der Waals surface area contributed by atoms with Gasteiger partial charge in [0.15, 0.2) is 0 Å². The number of aromatic nitrogens is 2. The van der Waals surface area contributed by atoms with Gasteiger partial charge in [0.25, 0.3) is 15.9 Å². The quantitative estimate of drug-likeness (QED) is 0.164. The SMILES string of the molecule is COc1nc(SCCCO)cnc1N(COCC[Si](C)(C)C)S(=O)(=O)c1cccc(Cl)c1Cl. The molecule has 0 aliphatic carbocycles. The molecule has 13 heteroatoms. The summed E-state index contributed by atoms with van der Waals surface area (Å²) in [5, 5.41) is 9.55. The highest BCUT2D eigenvalue weighted by atomic mass is 35.5. The molecular weight excluding hydrogens is 525 g/mol. The number of aliphatic hydroxyl groups is 1. The van der Waals surface area contributed by atoms with E-state index in [1.54, 1.807) is 0 Å². The van der Waals surface area contributed by atoms with E-state index in [1.165, 1.54) is 43.3 Å². The zero-order valence-corrected chi connectivity index (χ0v) is 23.2. The van der Waals surface area contributed by atoms with Gasteiger partial charge in [0.05, 0.1) is 23.4 Å². The van der Waals surface area contributed by atoms with Gasteiger partial charge in [0, 0.05) is 27.0 Å².